The van der Waals surface area contributed by atoms with Crippen molar-refractivity contribution >= 4 is 27.5 Å². The quantitative estimate of drug-likeness (QED) is 0.725. The van der Waals surface area contributed by atoms with E-state index in [1.165, 1.54) is 0 Å². The number of carbonyl (C=O) groups is 1. The van der Waals surface area contributed by atoms with E-state index in [-0.39, 0.29) is 25.0 Å². The predicted octanol–water partition coefficient (Wildman–Crippen LogP) is 3.83. The lowest BCUT2D eigenvalue weighted by atomic mass is 9.89. The van der Waals surface area contributed by atoms with Crippen LogP contribution in [-0.2, 0) is 21.4 Å². The standard InChI is InChI=1S/C22H27ClN2O4S/c1-15-9-10-17-19(12-22(2,3)29-20(17)11-15)24-21(26)14-25(30(4,27)28)13-16-7-5-6-8-18(16)23/h5-11,19H,12-14H2,1-4H3,(H,24,26)/t19-/m1/s1. The molecule has 1 heterocycles. The summed E-state index contributed by atoms with van der Waals surface area (Å²) in [5, 5.41) is 3.46. The number of nitrogens with one attached hydrogen (secondary N) is 1. The maximum absolute atomic E-state index is 12.8. The predicted molar refractivity (Wildman–Crippen MR) is 118 cm³/mol. The zero-order valence-corrected chi connectivity index (χ0v) is 19.2. The van der Waals surface area contributed by atoms with Crippen LogP contribution in [0.4, 0.5) is 0 Å². The Morgan fingerprint density at radius 1 is 1.27 bits per heavy atom. The Labute approximate surface area is 183 Å². The molecule has 0 radical (unpaired) electrons. The lowest BCUT2D eigenvalue weighted by Gasteiger charge is -2.38. The van der Waals surface area contributed by atoms with Crippen LogP contribution in [0, 0.1) is 6.92 Å². The van der Waals surface area contributed by atoms with Crippen LogP contribution >= 0.6 is 11.6 Å². The largest absolute Gasteiger partial charge is 0.487 e. The number of halogens is 1. The molecule has 1 amide bonds. The summed E-state index contributed by atoms with van der Waals surface area (Å²) in [4.78, 5) is 12.8. The number of ether oxygens (including phenoxy) is 1. The maximum atomic E-state index is 12.8. The number of aryl methyl sites for hydroxylation is 1. The Morgan fingerprint density at radius 3 is 2.63 bits per heavy atom. The van der Waals surface area contributed by atoms with E-state index in [2.05, 4.69) is 5.32 Å². The minimum Gasteiger partial charge on any atom is -0.487 e. The highest BCUT2D eigenvalue weighted by Crippen LogP contribution is 2.39. The molecule has 6 nitrogen and oxygen atoms in total. The highest BCUT2D eigenvalue weighted by molar-refractivity contribution is 7.88. The molecule has 0 bridgehead atoms. The highest BCUT2D eigenvalue weighted by Gasteiger charge is 2.35. The molecule has 1 aliphatic heterocycles. The van der Waals surface area contributed by atoms with Gasteiger partial charge in [0.05, 0.1) is 18.8 Å². The molecule has 2 aromatic rings. The third-order valence-corrected chi connectivity index (χ3v) is 6.62. The van der Waals surface area contributed by atoms with E-state index >= 15 is 0 Å². The fraction of sp³-hybridized carbons (Fsp3) is 0.409. The SMILES string of the molecule is Cc1ccc2c(c1)OC(C)(C)C[C@H]2NC(=O)CN(Cc1ccccc1Cl)S(C)(=O)=O. The number of sulfonamides is 1. The molecule has 2 aromatic carbocycles. The van der Waals surface area contributed by atoms with Crippen molar-refractivity contribution in [1.82, 2.24) is 9.62 Å². The second kappa shape index (κ2) is 8.57. The van der Waals surface area contributed by atoms with E-state index < -0.39 is 15.6 Å². The summed E-state index contributed by atoms with van der Waals surface area (Å²) in [6.45, 7) is 5.66. The molecule has 0 saturated carbocycles. The van der Waals surface area contributed by atoms with E-state index in [4.69, 9.17) is 16.3 Å². The summed E-state index contributed by atoms with van der Waals surface area (Å²) in [6.07, 6.45) is 1.67. The third-order valence-electron chi connectivity index (χ3n) is 5.06. The second-order valence-corrected chi connectivity index (χ2v) is 10.7. The number of fused-ring (bicyclic) bond motifs is 1. The Morgan fingerprint density at radius 2 is 1.97 bits per heavy atom. The zero-order valence-electron chi connectivity index (χ0n) is 17.6. The molecule has 0 unspecified atom stereocenters. The molecular formula is C22H27ClN2O4S. The second-order valence-electron chi connectivity index (χ2n) is 8.35. The van der Waals surface area contributed by atoms with E-state index in [0.717, 1.165) is 27.4 Å². The Balaban J connectivity index is 1.78. The topological polar surface area (TPSA) is 75.7 Å². The van der Waals surface area contributed by atoms with Crippen molar-refractivity contribution in [1.29, 1.82) is 0 Å². The van der Waals surface area contributed by atoms with E-state index in [1.807, 2.05) is 39.0 Å². The van der Waals surface area contributed by atoms with Crippen LogP contribution < -0.4 is 10.1 Å². The summed E-state index contributed by atoms with van der Waals surface area (Å²) < 4.78 is 31.8. The number of hydrogen-bond donors (Lipinski definition) is 1. The summed E-state index contributed by atoms with van der Waals surface area (Å²) in [7, 11) is -3.62. The Bertz CT molecular complexity index is 1050. The molecular weight excluding hydrogens is 424 g/mol. The van der Waals surface area contributed by atoms with Gasteiger partial charge in [0.25, 0.3) is 0 Å². The first-order valence-corrected chi connectivity index (χ1v) is 11.9. The lowest BCUT2D eigenvalue weighted by Crippen LogP contribution is -2.45. The van der Waals surface area contributed by atoms with Crippen LogP contribution in [0.25, 0.3) is 0 Å². The average Bonchev–Trinajstić information content (AvgIpc) is 2.60. The number of nitrogens with zero attached hydrogens (tertiary/aromatic N) is 1. The van der Waals surface area contributed by atoms with Gasteiger partial charge in [-0.3, -0.25) is 4.79 Å². The van der Waals surface area contributed by atoms with Crippen molar-refractivity contribution in [3.05, 3.63) is 64.2 Å². The number of hydrogen-bond acceptors (Lipinski definition) is 4. The van der Waals surface area contributed by atoms with Crippen molar-refractivity contribution in [2.75, 3.05) is 12.8 Å². The maximum Gasteiger partial charge on any atom is 0.235 e. The third kappa shape index (κ3) is 5.53. The molecule has 0 aliphatic carbocycles. The highest BCUT2D eigenvalue weighted by atomic mass is 35.5. The Hall–Kier alpha value is -2.09. The van der Waals surface area contributed by atoms with Crippen LogP contribution in [0.1, 0.15) is 43.0 Å². The molecule has 0 spiro atoms. The summed E-state index contributed by atoms with van der Waals surface area (Å²) >= 11 is 6.17. The van der Waals surface area contributed by atoms with Gasteiger partial charge in [0.2, 0.25) is 15.9 Å². The number of benzene rings is 2. The van der Waals surface area contributed by atoms with Gasteiger partial charge in [0.1, 0.15) is 11.4 Å². The van der Waals surface area contributed by atoms with Crippen LogP contribution in [0.15, 0.2) is 42.5 Å². The normalized spacial score (nSPS) is 17.9. The molecule has 30 heavy (non-hydrogen) atoms. The fourth-order valence-corrected chi connectivity index (χ4v) is 4.52. The van der Waals surface area contributed by atoms with E-state index in [9.17, 15) is 13.2 Å². The fourth-order valence-electron chi connectivity index (χ4n) is 3.59. The summed E-state index contributed by atoms with van der Waals surface area (Å²) in [6, 6.07) is 12.6. The van der Waals surface area contributed by atoms with Gasteiger partial charge in [-0.25, -0.2) is 8.42 Å². The first-order valence-electron chi connectivity index (χ1n) is 9.72. The van der Waals surface area contributed by atoms with Crippen molar-refractivity contribution < 1.29 is 17.9 Å². The first-order chi connectivity index (χ1) is 13.9. The smallest absolute Gasteiger partial charge is 0.235 e. The lowest BCUT2D eigenvalue weighted by molar-refractivity contribution is -0.122. The van der Waals surface area contributed by atoms with Gasteiger partial charge in [-0.15, -0.1) is 0 Å². The minimum atomic E-state index is -3.62. The van der Waals surface area contributed by atoms with Crippen molar-refractivity contribution in [3.8, 4) is 5.75 Å². The average molecular weight is 451 g/mol. The van der Waals surface area contributed by atoms with E-state index in [1.54, 1.807) is 24.3 Å². The summed E-state index contributed by atoms with van der Waals surface area (Å²) in [5.41, 5.74) is 2.16. The van der Waals surface area contributed by atoms with Crippen molar-refractivity contribution in [3.63, 3.8) is 0 Å². The van der Waals surface area contributed by atoms with Gasteiger partial charge in [-0.2, -0.15) is 4.31 Å². The number of rotatable bonds is 6. The van der Waals surface area contributed by atoms with Gasteiger partial charge in [0, 0.05) is 23.6 Å². The molecule has 0 saturated heterocycles. The zero-order chi connectivity index (χ0) is 22.1. The minimum absolute atomic E-state index is 0.0287. The van der Waals surface area contributed by atoms with Crippen molar-refractivity contribution in [2.24, 2.45) is 0 Å². The van der Waals surface area contributed by atoms with Gasteiger partial charge in [0.15, 0.2) is 0 Å². The van der Waals surface area contributed by atoms with E-state index in [0.29, 0.717) is 17.0 Å². The number of amides is 1. The van der Waals surface area contributed by atoms with Crippen LogP contribution in [0.3, 0.4) is 0 Å². The molecule has 0 fully saturated rings. The molecule has 0 aromatic heterocycles. The molecule has 8 heteroatoms. The van der Waals surface area contributed by atoms with Gasteiger partial charge >= 0.3 is 0 Å². The van der Waals surface area contributed by atoms with Crippen molar-refractivity contribution in [2.45, 2.75) is 45.4 Å². The molecule has 3 rings (SSSR count). The molecule has 162 valence electrons. The van der Waals surface area contributed by atoms with Gasteiger partial charge < -0.3 is 10.1 Å². The van der Waals surface area contributed by atoms with Gasteiger partial charge in [-0.05, 0) is 44.0 Å². The van der Waals surface area contributed by atoms with Crippen LogP contribution in [0.5, 0.6) is 5.75 Å². The van der Waals surface area contributed by atoms with Gasteiger partial charge in [-0.1, -0.05) is 41.9 Å². The molecule has 1 N–H and O–H groups in total. The van der Waals surface area contributed by atoms with Crippen LogP contribution in [0.2, 0.25) is 5.02 Å². The molecule has 1 aliphatic rings. The number of carbonyl (C=O) groups excluding carboxylic acids is 1. The summed E-state index contributed by atoms with van der Waals surface area (Å²) in [5.74, 6) is 0.370. The first kappa shape index (κ1) is 22.6. The van der Waals surface area contributed by atoms with Crippen LogP contribution in [-0.4, -0.2) is 37.0 Å². The monoisotopic (exact) mass is 450 g/mol. The molecule has 1 atom stereocenters. The Kier molecular flexibility index (Phi) is 6.45.